The van der Waals surface area contributed by atoms with Gasteiger partial charge in [-0.15, -0.1) is 0 Å². The highest BCUT2D eigenvalue weighted by Gasteiger charge is 2.42. The Labute approximate surface area is 97.6 Å². The Kier molecular flexibility index (Phi) is 3.34. The number of amides is 1. The summed E-state index contributed by atoms with van der Waals surface area (Å²) < 4.78 is 35.9. The van der Waals surface area contributed by atoms with Gasteiger partial charge in [0.1, 0.15) is 0 Å². The molecule has 1 aliphatic carbocycles. The quantitative estimate of drug-likeness (QED) is 0.809. The van der Waals surface area contributed by atoms with Gasteiger partial charge in [-0.1, -0.05) is 0 Å². The van der Waals surface area contributed by atoms with E-state index in [1.54, 1.807) is 0 Å². The number of rotatable bonds is 2. The first-order valence-electron chi connectivity index (χ1n) is 5.88. The number of hydrogen-bond acceptors (Lipinski definition) is 2. The van der Waals surface area contributed by atoms with Gasteiger partial charge in [-0.05, 0) is 24.7 Å². The molecule has 1 unspecified atom stereocenters. The zero-order valence-corrected chi connectivity index (χ0v) is 9.41. The van der Waals surface area contributed by atoms with Crippen molar-refractivity contribution in [1.82, 2.24) is 4.90 Å². The standard InChI is InChI=1S/C11H16F3NO2/c12-11(13,14)2-1-10(17)15-5-7-3-9(16)4-8(7)6-15/h7-9,16H,1-6H2/t7-,8+,9?. The number of hydrogen-bond donors (Lipinski definition) is 1. The lowest BCUT2D eigenvalue weighted by Gasteiger charge is -2.18. The fourth-order valence-corrected chi connectivity index (χ4v) is 2.88. The predicted molar refractivity (Wildman–Crippen MR) is 54.1 cm³/mol. The third kappa shape index (κ3) is 3.12. The van der Waals surface area contributed by atoms with Crippen molar-refractivity contribution in [3.05, 3.63) is 0 Å². The van der Waals surface area contributed by atoms with E-state index in [4.69, 9.17) is 0 Å². The Morgan fingerprint density at radius 2 is 1.76 bits per heavy atom. The Balaban J connectivity index is 1.80. The molecule has 1 aliphatic heterocycles. The normalized spacial score (nSPS) is 32.9. The van der Waals surface area contributed by atoms with Crippen molar-refractivity contribution in [2.75, 3.05) is 13.1 Å². The lowest BCUT2D eigenvalue weighted by atomic mass is 10.0. The van der Waals surface area contributed by atoms with Crippen molar-refractivity contribution >= 4 is 5.91 Å². The van der Waals surface area contributed by atoms with Crippen LogP contribution in [0.15, 0.2) is 0 Å². The van der Waals surface area contributed by atoms with Gasteiger partial charge in [-0.25, -0.2) is 0 Å². The minimum Gasteiger partial charge on any atom is -0.393 e. The van der Waals surface area contributed by atoms with Crippen LogP contribution < -0.4 is 0 Å². The molecular formula is C11H16F3NO2. The van der Waals surface area contributed by atoms with Crippen LogP contribution in [0.4, 0.5) is 13.2 Å². The molecule has 2 fully saturated rings. The molecule has 0 aromatic heterocycles. The van der Waals surface area contributed by atoms with Crippen LogP contribution >= 0.6 is 0 Å². The van der Waals surface area contributed by atoms with E-state index in [1.165, 1.54) is 4.90 Å². The highest BCUT2D eigenvalue weighted by atomic mass is 19.4. The molecular weight excluding hydrogens is 235 g/mol. The summed E-state index contributed by atoms with van der Waals surface area (Å²) in [5.41, 5.74) is 0. The van der Waals surface area contributed by atoms with Crippen LogP contribution in [0.25, 0.3) is 0 Å². The van der Waals surface area contributed by atoms with Crippen molar-refractivity contribution in [2.45, 2.75) is 38.0 Å². The van der Waals surface area contributed by atoms with Crippen LogP contribution in [0.2, 0.25) is 0 Å². The number of aliphatic hydroxyl groups excluding tert-OH is 1. The number of fused-ring (bicyclic) bond motifs is 1. The molecule has 1 heterocycles. The van der Waals surface area contributed by atoms with Crippen LogP contribution in [0.5, 0.6) is 0 Å². The molecule has 0 spiro atoms. The molecule has 1 N–H and O–H groups in total. The maximum atomic E-state index is 12.0. The molecule has 0 radical (unpaired) electrons. The van der Waals surface area contributed by atoms with Crippen LogP contribution in [0.3, 0.4) is 0 Å². The van der Waals surface area contributed by atoms with Crippen molar-refractivity contribution < 1.29 is 23.1 Å². The van der Waals surface area contributed by atoms with Crippen molar-refractivity contribution in [2.24, 2.45) is 11.8 Å². The van der Waals surface area contributed by atoms with Crippen molar-refractivity contribution in [3.63, 3.8) is 0 Å². The molecule has 6 heteroatoms. The lowest BCUT2D eigenvalue weighted by molar-refractivity contribution is -0.148. The fourth-order valence-electron chi connectivity index (χ4n) is 2.88. The zero-order valence-electron chi connectivity index (χ0n) is 9.41. The molecule has 3 atom stereocenters. The van der Waals surface area contributed by atoms with E-state index in [1.807, 2.05) is 0 Å². The van der Waals surface area contributed by atoms with Gasteiger partial charge < -0.3 is 10.0 Å². The second kappa shape index (κ2) is 4.48. The topological polar surface area (TPSA) is 40.5 Å². The summed E-state index contributed by atoms with van der Waals surface area (Å²) in [5.74, 6) is 0.144. The van der Waals surface area contributed by atoms with E-state index in [0.29, 0.717) is 25.9 Å². The van der Waals surface area contributed by atoms with Gasteiger partial charge in [0, 0.05) is 19.5 Å². The number of carbonyl (C=O) groups is 1. The Bertz CT molecular complexity index is 292. The van der Waals surface area contributed by atoms with Crippen LogP contribution in [-0.4, -0.2) is 41.3 Å². The summed E-state index contributed by atoms with van der Waals surface area (Å²) >= 11 is 0. The molecule has 1 amide bonds. The predicted octanol–water partition coefficient (Wildman–Crippen LogP) is 1.56. The average molecular weight is 251 g/mol. The van der Waals surface area contributed by atoms with Crippen LogP contribution in [-0.2, 0) is 4.79 Å². The summed E-state index contributed by atoms with van der Waals surface area (Å²) in [4.78, 5) is 13.1. The van der Waals surface area contributed by atoms with E-state index in [9.17, 15) is 23.1 Å². The number of likely N-dealkylation sites (tertiary alicyclic amines) is 1. The summed E-state index contributed by atoms with van der Waals surface area (Å²) in [6.45, 7) is 1.02. The smallest absolute Gasteiger partial charge is 0.389 e. The number of nitrogens with zero attached hydrogens (tertiary/aromatic N) is 1. The van der Waals surface area contributed by atoms with Gasteiger partial charge in [0.2, 0.25) is 5.91 Å². The summed E-state index contributed by atoms with van der Waals surface area (Å²) in [7, 11) is 0. The number of carbonyl (C=O) groups excluding carboxylic acids is 1. The minimum atomic E-state index is -4.26. The SMILES string of the molecule is O=C(CCC(F)(F)F)N1C[C@H]2CC(O)C[C@H]2C1. The highest BCUT2D eigenvalue weighted by Crippen LogP contribution is 2.38. The molecule has 17 heavy (non-hydrogen) atoms. The van der Waals surface area contributed by atoms with E-state index < -0.39 is 24.9 Å². The summed E-state index contributed by atoms with van der Waals surface area (Å²) in [5, 5.41) is 9.42. The second-order valence-electron chi connectivity index (χ2n) is 5.06. The van der Waals surface area contributed by atoms with Crippen molar-refractivity contribution in [3.8, 4) is 0 Å². The third-order valence-electron chi connectivity index (χ3n) is 3.70. The second-order valence-corrected chi connectivity index (χ2v) is 5.06. The van der Waals surface area contributed by atoms with Gasteiger partial charge in [-0.3, -0.25) is 4.79 Å². The Hall–Kier alpha value is -0.780. The number of aliphatic hydroxyl groups is 1. The van der Waals surface area contributed by atoms with Crippen LogP contribution in [0, 0.1) is 11.8 Å². The minimum absolute atomic E-state index is 0.278. The third-order valence-corrected chi connectivity index (χ3v) is 3.70. The number of halogens is 3. The Morgan fingerprint density at radius 3 is 2.24 bits per heavy atom. The maximum absolute atomic E-state index is 12.0. The maximum Gasteiger partial charge on any atom is 0.389 e. The fraction of sp³-hybridized carbons (Fsp3) is 0.909. The van der Waals surface area contributed by atoms with E-state index >= 15 is 0 Å². The molecule has 98 valence electrons. The monoisotopic (exact) mass is 251 g/mol. The molecule has 2 rings (SSSR count). The number of alkyl halides is 3. The van der Waals surface area contributed by atoms with E-state index in [-0.39, 0.29) is 17.9 Å². The molecule has 0 bridgehead atoms. The first-order chi connectivity index (χ1) is 7.85. The molecule has 1 saturated carbocycles. The van der Waals surface area contributed by atoms with Gasteiger partial charge in [0.25, 0.3) is 0 Å². The molecule has 0 aromatic rings. The van der Waals surface area contributed by atoms with Crippen LogP contribution in [0.1, 0.15) is 25.7 Å². The van der Waals surface area contributed by atoms with Gasteiger partial charge in [-0.2, -0.15) is 13.2 Å². The van der Waals surface area contributed by atoms with E-state index in [0.717, 1.165) is 0 Å². The molecule has 0 aromatic carbocycles. The first kappa shape index (κ1) is 12.7. The van der Waals surface area contributed by atoms with Gasteiger partial charge in [0.05, 0.1) is 12.5 Å². The van der Waals surface area contributed by atoms with E-state index in [2.05, 4.69) is 0 Å². The van der Waals surface area contributed by atoms with Gasteiger partial charge >= 0.3 is 6.18 Å². The average Bonchev–Trinajstić information content (AvgIpc) is 2.69. The lowest BCUT2D eigenvalue weighted by Crippen LogP contribution is -2.31. The summed E-state index contributed by atoms with van der Waals surface area (Å²) in [6, 6.07) is 0. The Morgan fingerprint density at radius 1 is 1.24 bits per heavy atom. The largest absolute Gasteiger partial charge is 0.393 e. The summed E-state index contributed by atoms with van der Waals surface area (Å²) in [6.07, 6.45) is -4.70. The molecule has 2 aliphatic rings. The highest BCUT2D eigenvalue weighted by molar-refractivity contribution is 5.76. The first-order valence-corrected chi connectivity index (χ1v) is 5.88. The molecule has 3 nitrogen and oxygen atoms in total. The van der Waals surface area contributed by atoms with Crippen molar-refractivity contribution in [1.29, 1.82) is 0 Å². The zero-order chi connectivity index (χ0) is 12.6. The van der Waals surface area contributed by atoms with Gasteiger partial charge in [0.15, 0.2) is 0 Å². The molecule has 1 saturated heterocycles.